The number of carbonyl (C=O) groups is 2. The highest BCUT2D eigenvalue weighted by atomic mass is 32.2. The minimum Gasteiger partial charge on any atom is -0.428 e. The molecule has 0 aromatic rings. The van der Waals surface area contributed by atoms with E-state index >= 15 is 0 Å². The Kier molecular flexibility index (Phi) is 4.09. The summed E-state index contributed by atoms with van der Waals surface area (Å²) >= 11 is 0. The van der Waals surface area contributed by atoms with Gasteiger partial charge in [-0.1, -0.05) is 0 Å². The third kappa shape index (κ3) is 2.80. The number of fused-ring (bicyclic) bond motifs is 1. The second kappa shape index (κ2) is 5.56. The Morgan fingerprint density at radius 2 is 1.88 bits per heavy atom. The summed E-state index contributed by atoms with van der Waals surface area (Å²) < 4.78 is 91.9. The molecular formula is C11H12F2O10S2. The van der Waals surface area contributed by atoms with Crippen LogP contribution >= 0.6 is 0 Å². The van der Waals surface area contributed by atoms with Crippen molar-refractivity contribution in [2.45, 2.75) is 29.5 Å². The molecule has 0 radical (unpaired) electrons. The monoisotopic (exact) mass is 406 g/mol. The Hall–Kier alpha value is -1.38. The van der Waals surface area contributed by atoms with Gasteiger partial charge >= 0.3 is 27.3 Å². The van der Waals surface area contributed by atoms with E-state index in [1.807, 2.05) is 0 Å². The van der Waals surface area contributed by atoms with Crippen LogP contribution in [0, 0.1) is 17.8 Å². The molecule has 3 fully saturated rings. The van der Waals surface area contributed by atoms with Gasteiger partial charge in [0.05, 0.1) is 12.0 Å². The average molecular weight is 406 g/mol. The van der Waals surface area contributed by atoms with Crippen molar-refractivity contribution in [3.8, 4) is 0 Å². The van der Waals surface area contributed by atoms with Crippen LogP contribution in [-0.4, -0.2) is 56.7 Å². The number of rotatable bonds is 5. The van der Waals surface area contributed by atoms with E-state index < -0.39 is 61.5 Å². The molecule has 0 amide bonds. The van der Waals surface area contributed by atoms with Gasteiger partial charge in [0.15, 0.2) is 0 Å². The molecule has 14 heteroatoms. The van der Waals surface area contributed by atoms with Gasteiger partial charge in [0.25, 0.3) is 10.1 Å². The summed E-state index contributed by atoms with van der Waals surface area (Å²) in [6, 6.07) is 0. The molecule has 5 atom stereocenters. The highest BCUT2D eigenvalue weighted by Crippen LogP contribution is 2.57. The number of alkyl halides is 2. The predicted octanol–water partition coefficient (Wildman–Crippen LogP) is -0.736. The van der Waals surface area contributed by atoms with Gasteiger partial charge in [-0.25, -0.2) is 4.79 Å². The standard InChI is InChI=1S/C11H12F2O10S2/c12-11(13,25(18,19)20)10(15)22-3-21-9(14)7-4-1-5-6(2-4)23-24(16,17)8(5)7/h4-8H,1-3H2,(H,18,19,20). The summed E-state index contributed by atoms with van der Waals surface area (Å²) in [5.41, 5.74) is 0. The maximum atomic E-state index is 12.9. The molecule has 25 heavy (non-hydrogen) atoms. The van der Waals surface area contributed by atoms with Crippen LogP contribution in [0.15, 0.2) is 0 Å². The van der Waals surface area contributed by atoms with Crippen LogP contribution in [0.2, 0.25) is 0 Å². The molecule has 2 aliphatic carbocycles. The van der Waals surface area contributed by atoms with Gasteiger partial charge in [-0.3, -0.25) is 13.5 Å². The first-order chi connectivity index (χ1) is 11.4. The molecule has 142 valence electrons. The van der Waals surface area contributed by atoms with E-state index in [1.165, 1.54) is 0 Å². The molecule has 0 aromatic heterocycles. The molecule has 5 unspecified atom stereocenters. The Morgan fingerprint density at radius 1 is 1.24 bits per heavy atom. The van der Waals surface area contributed by atoms with E-state index in [9.17, 15) is 35.2 Å². The average Bonchev–Trinajstić information content (AvgIpc) is 3.05. The number of hydrogen-bond acceptors (Lipinski definition) is 9. The molecule has 10 nitrogen and oxygen atoms in total. The van der Waals surface area contributed by atoms with Gasteiger partial charge in [0.1, 0.15) is 5.25 Å². The fourth-order valence-electron chi connectivity index (χ4n) is 3.74. The van der Waals surface area contributed by atoms with E-state index in [4.69, 9.17) is 8.74 Å². The van der Waals surface area contributed by atoms with E-state index in [-0.39, 0.29) is 11.8 Å². The van der Waals surface area contributed by atoms with Crippen molar-refractivity contribution in [2.75, 3.05) is 6.79 Å². The summed E-state index contributed by atoms with van der Waals surface area (Å²) in [6.07, 6.45) is 0.297. The van der Waals surface area contributed by atoms with Crippen LogP contribution in [0.3, 0.4) is 0 Å². The number of carbonyl (C=O) groups excluding carboxylic acids is 2. The van der Waals surface area contributed by atoms with E-state index in [0.717, 1.165) is 0 Å². The van der Waals surface area contributed by atoms with Crippen LogP contribution in [0.25, 0.3) is 0 Å². The molecular weight excluding hydrogens is 394 g/mol. The third-order valence-electron chi connectivity index (χ3n) is 4.69. The van der Waals surface area contributed by atoms with Gasteiger partial charge in [-0.15, -0.1) is 0 Å². The second-order valence-electron chi connectivity index (χ2n) is 6.02. The van der Waals surface area contributed by atoms with Gasteiger partial charge < -0.3 is 9.47 Å². The van der Waals surface area contributed by atoms with Gasteiger partial charge in [-0.05, 0) is 18.8 Å². The highest BCUT2D eigenvalue weighted by molar-refractivity contribution is 7.88. The van der Waals surface area contributed by atoms with Crippen molar-refractivity contribution < 1.29 is 53.4 Å². The number of esters is 2. The number of ether oxygens (including phenoxy) is 2. The first-order valence-corrected chi connectivity index (χ1v) is 9.88. The van der Waals surface area contributed by atoms with Crippen molar-refractivity contribution >= 4 is 32.2 Å². The van der Waals surface area contributed by atoms with Crippen LogP contribution in [0.5, 0.6) is 0 Å². The maximum absolute atomic E-state index is 12.9. The Morgan fingerprint density at radius 3 is 2.48 bits per heavy atom. The number of halogens is 2. The molecule has 2 bridgehead atoms. The van der Waals surface area contributed by atoms with E-state index in [0.29, 0.717) is 12.8 Å². The lowest BCUT2D eigenvalue weighted by Gasteiger charge is -2.22. The lowest BCUT2D eigenvalue weighted by atomic mass is 9.87. The second-order valence-corrected chi connectivity index (χ2v) is 9.20. The van der Waals surface area contributed by atoms with Crippen molar-refractivity contribution in [3.63, 3.8) is 0 Å². The van der Waals surface area contributed by atoms with E-state index in [1.54, 1.807) is 0 Å². The summed E-state index contributed by atoms with van der Waals surface area (Å²) in [4.78, 5) is 23.0. The lowest BCUT2D eigenvalue weighted by molar-refractivity contribution is -0.181. The summed E-state index contributed by atoms with van der Waals surface area (Å²) in [6.45, 7) is -1.35. The Labute approximate surface area is 140 Å². The van der Waals surface area contributed by atoms with Gasteiger partial charge in [0, 0.05) is 5.92 Å². The smallest absolute Gasteiger partial charge is 0.428 e. The molecule has 3 rings (SSSR count). The summed E-state index contributed by atoms with van der Waals surface area (Å²) in [7, 11) is -9.99. The Bertz CT molecular complexity index is 818. The van der Waals surface area contributed by atoms with Crippen LogP contribution < -0.4 is 0 Å². The number of hydrogen-bond donors (Lipinski definition) is 1. The van der Waals surface area contributed by atoms with Crippen molar-refractivity contribution in [2.24, 2.45) is 17.8 Å². The molecule has 0 aromatic carbocycles. The van der Waals surface area contributed by atoms with Crippen molar-refractivity contribution in [1.82, 2.24) is 0 Å². The molecule has 1 saturated heterocycles. The SMILES string of the molecule is O=C(OCOC(=O)C(F)(F)S(=O)(=O)O)C1C2CC3OS(=O)(=O)C1C3C2. The first kappa shape index (κ1) is 18.4. The zero-order valence-electron chi connectivity index (χ0n) is 12.2. The molecule has 1 heterocycles. The summed E-state index contributed by atoms with van der Waals surface area (Å²) in [5.74, 6) is -5.45. The van der Waals surface area contributed by atoms with Crippen LogP contribution in [0.4, 0.5) is 8.78 Å². The van der Waals surface area contributed by atoms with Gasteiger partial charge in [-0.2, -0.15) is 25.6 Å². The first-order valence-electron chi connectivity index (χ1n) is 6.97. The van der Waals surface area contributed by atoms with Gasteiger partial charge in [0.2, 0.25) is 6.79 Å². The molecule has 1 N–H and O–H groups in total. The van der Waals surface area contributed by atoms with Crippen LogP contribution in [-0.2, 0) is 43.5 Å². The molecule has 1 aliphatic heterocycles. The largest absolute Gasteiger partial charge is 0.465 e. The van der Waals surface area contributed by atoms with Crippen LogP contribution in [0.1, 0.15) is 12.8 Å². The summed E-state index contributed by atoms with van der Waals surface area (Å²) in [5, 5.41) is -6.32. The predicted molar refractivity (Wildman–Crippen MR) is 70.8 cm³/mol. The zero-order chi connectivity index (χ0) is 18.8. The fraction of sp³-hybridized carbons (Fsp3) is 0.818. The quantitative estimate of drug-likeness (QED) is 0.268. The highest BCUT2D eigenvalue weighted by Gasteiger charge is 2.66. The van der Waals surface area contributed by atoms with Crippen molar-refractivity contribution in [1.29, 1.82) is 0 Å². The Balaban J connectivity index is 1.60. The third-order valence-corrected chi connectivity index (χ3v) is 7.33. The topological polar surface area (TPSA) is 150 Å². The lowest BCUT2D eigenvalue weighted by Crippen LogP contribution is -2.40. The molecule has 3 aliphatic rings. The maximum Gasteiger partial charge on any atom is 0.465 e. The minimum atomic E-state index is -6.04. The zero-order valence-corrected chi connectivity index (χ0v) is 13.8. The fourth-order valence-corrected chi connectivity index (χ4v) is 6.11. The molecule has 2 saturated carbocycles. The van der Waals surface area contributed by atoms with E-state index in [2.05, 4.69) is 9.47 Å². The minimum absolute atomic E-state index is 0.320. The van der Waals surface area contributed by atoms with Crippen molar-refractivity contribution in [3.05, 3.63) is 0 Å². The normalized spacial score (nSPS) is 35.6. The molecule has 0 spiro atoms.